The summed E-state index contributed by atoms with van der Waals surface area (Å²) < 4.78 is 12.8. The van der Waals surface area contributed by atoms with Gasteiger partial charge in [0.25, 0.3) is 0 Å². The van der Waals surface area contributed by atoms with E-state index in [-0.39, 0.29) is 54.5 Å². The van der Waals surface area contributed by atoms with E-state index in [4.69, 9.17) is 20.3 Å². The molecule has 1 aliphatic heterocycles. The number of aliphatic hydroxyl groups is 1. The van der Waals surface area contributed by atoms with Crippen molar-refractivity contribution in [3.63, 3.8) is 0 Å². The lowest BCUT2D eigenvalue weighted by molar-refractivity contribution is -0.131. The Labute approximate surface area is 299 Å². The summed E-state index contributed by atoms with van der Waals surface area (Å²) in [4.78, 5) is 39.6. The third-order valence-corrected chi connectivity index (χ3v) is 10.2. The highest BCUT2D eigenvalue weighted by Crippen LogP contribution is 2.29. The maximum Gasteiger partial charge on any atom is 0.243 e. The summed E-state index contributed by atoms with van der Waals surface area (Å²) in [5.74, 6) is -1.27. The Kier molecular flexibility index (Phi) is 16.6. The van der Waals surface area contributed by atoms with E-state index < -0.39 is 30.0 Å². The normalized spacial score (nSPS) is 17.1. The van der Waals surface area contributed by atoms with Crippen molar-refractivity contribution < 1.29 is 29.0 Å². The number of nitrogens with one attached hydrogen (secondary N) is 3. The summed E-state index contributed by atoms with van der Waals surface area (Å²) in [6.07, 6.45) is 2.78. The number of aliphatic hydroxyl groups excluding tert-OH is 1. The quantitative estimate of drug-likeness (QED) is 0.131. The third kappa shape index (κ3) is 12.0. The number of hydrogen-bond donors (Lipinski definition) is 5. The van der Waals surface area contributed by atoms with E-state index in [2.05, 4.69) is 48.0 Å². The number of nitrogens with zero attached hydrogens (tertiary/aromatic N) is 2. The highest BCUT2D eigenvalue weighted by Gasteiger charge is 2.35. The van der Waals surface area contributed by atoms with Crippen LogP contribution in [0.4, 0.5) is 0 Å². The Morgan fingerprint density at radius 3 is 2.32 bits per heavy atom. The Morgan fingerprint density at radius 2 is 1.72 bits per heavy atom. The molecule has 2 aromatic rings. The van der Waals surface area contributed by atoms with E-state index in [9.17, 15) is 19.5 Å². The van der Waals surface area contributed by atoms with Crippen molar-refractivity contribution in [2.75, 3.05) is 33.5 Å². The molecule has 1 aliphatic rings. The van der Waals surface area contributed by atoms with Crippen molar-refractivity contribution in [2.45, 2.75) is 118 Å². The van der Waals surface area contributed by atoms with Gasteiger partial charge in [0, 0.05) is 50.8 Å². The Balaban J connectivity index is 1.89. The number of nitrogens with two attached hydrogens (primary N) is 1. The smallest absolute Gasteiger partial charge is 0.243 e. The minimum atomic E-state index is -1.00. The highest BCUT2D eigenvalue weighted by molar-refractivity contribution is 5.88. The molecule has 2 heterocycles. The zero-order chi connectivity index (χ0) is 37.0. The van der Waals surface area contributed by atoms with E-state index in [1.54, 1.807) is 7.11 Å². The van der Waals surface area contributed by atoms with Gasteiger partial charge in [-0.3, -0.25) is 19.1 Å². The van der Waals surface area contributed by atoms with Crippen LogP contribution in [0.15, 0.2) is 18.2 Å². The van der Waals surface area contributed by atoms with E-state index in [1.165, 1.54) is 0 Å². The fourth-order valence-corrected chi connectivity index (χ4v) is 6.87. The summed E-state index contributed by atoms with van der Waals surface area (Å²) in [5.41, 5.74) is 8.77. The van der Waals surface area contributed by atoms with Gasteiger partial charge in [-0.2, -0.15) is 5.10 Å². The molecule has 0 radical (unpaired) electrons. The number of aryl methyl sites for hydroxylation is 2. The monoisotopic (exact) mass is 700 g/mol. The van der Waals surface area contributed by atoms with Crippen molar-refractivity contribution in [2.24, 2.45) is 35.3 Å². The molecule has 5 atom stereocenters. The summed E-state index contributed by atoms with van der Waals surface area (Å²) in [6.45, 7) is 16.4. The van der Waals surface area contributed by atoms with E-state index in [1.807, 2.05) is 39.3 Å². The number of benzene rings is 1. The number of methoxy groups -OCH3 is 1. The van der Waals surface area contributed by atoms with Crippen LogP contribution in [-0.2, 0) is 36.8 Å². The van der Waals surface area contributed by atoms with Gasteiger partial charge in [-0.05, 0) is 80.8 Å². The minimum absolute atomic E-state index is 0.0297. The Morgan fingerprint density at radius 1 is 1.02 bits per heavy atom. The summed E-state index contributed by atoms with van der Waals surface area (Å²) >= 11 is 0. The van der Waals surface area contributed by atoms with Gasteiger partial charge in [-0.1, -0.05) is 53.7 Å². The minimum Gasteiger partial charge on any atom is -0.391 e. The molecule has 50 heavy (non-hydrogen) atoms. The number of fused-ring (bicyclic) bond motifs is 1. The van der Waals surface area contributed by atoms with Crippen LogP contribution < -0.4 is 21.7 Å². The van der Waals surface area contributed by atoms with Crippen LogP contribution >= 0.6 is 0 Å². The number of ether oxygens (including phenoxy) is 2. The van der Waals surface area contributed by atoms with Gasteiger partial charge in [-0.15, -0.1) is 0 Å². The zero-order valence-corrected chi connectivity index (χ0v) is 31.7. The third-order valence-electron chi connectivity index (χ3n) is 10.2. The lowest BCUT2D eigenvalue weighted by Gasteiger charge is -2.34. The van der Waals surface area contributed by atoms with Crippen LogP contribution in [0.25, 0.3) is 10.9 Å². The fraction of sp³-hybridized carbons (Fsp3) is 0.737. The predicted molar refractivity (Wildman–Crippen MR) is 196 cm³/mol. The summed E-state index contributed by atoms with van der Waals surface area (Å²) in [5, 5.41) is 26.9. The van der Waals surface area contributed by atoms with Crippen molar-refractivity contribution >= 4 is 28.6 Å². The molecule has 0 spiro atoms. The number of hydrogen-bond acceptors (Lipinski definition) is 8. The average Bonchev–Trinajstić information content (AvgIpc) is 3.39. The molecule has 3 rings (SSSR count). The molecule has 0 unspecified atom stereocenters. The van der Waals surface area contributed by atoms with Crippen LogP contribution in [0.3, 0.4) is 0 Å². The van der Waals surface area contributed by atoms with Crippen molar-refractivity contribution in [3.8, 4) is 0 Å². The van der Waals surface area contributed by atoms with Gasteiger partial charge < -0.3 is 36.3 Å². The number of aromatic nitrogens is 2. The molecule has 3 amide bonds. The fourth-order valence-electron chi connectivity index (χ4n) is 6.87. The Hall–Kier alpha value is -3.06. The van der Waals surface area contributed by atoms with Crippen LogP contribution in [-0.4, -0.2) is 90.3 Å². The molecule has 12 nitrogen and oxygen atoms in total. The number of amides is 3. The maximum absolute atomic E-state index is 13.8. The first-order valence-corrected chi connectivity index (χ1v) is 18.6. The van der Waals surface area contributed by atoms with Gasteiger partial charge in [0.2, 0.25) is 17.7 Å². The second-order valence-corrected chi connectivity index (χ2v) is 15.1. The molecule has 0 aliphatic carbocycles. The molecule has 282 valence electrons. The second kappa shape index (κ2) is 20.1. The van der Waals surface area contributed by atoms with Crippen LogP contribution in [0.5, 0.6) is 0 Å². The van der Waals surface area contributed by atoms with Crippen LogP contribution in [0, 0.1) is 36.5 Å². The first-order chi connectivity index (χ1) is 23.7. The molecular weight excluding hydrogens is 636 g/mol. The van der Waals surface area contributed by atoms with E-state index in [0.29, 0.717) is 26.2 Å². The number of rotatable bonds is 20. The lowest BCUT2D eigenvalue weighted by atomic mass is 9.80. The standard InChI is InChI=1S/C38H64N6O6/c1-23(2)28(18-27-10-11-30-26(7)43-44(33(30)19-27)14-9-15-49-8)20-32(41-38(48)36(25(5)6)42-35(46)22-39)34(45)21-31(24(3)4)37(47)40-29-12-16-50-17-13-29/h10-11,19,23-25,28-29,31-32,34,36,45H,9,12-18,20-22,39H2,1-8H3,(H,40,47)(H,41,48)(H,42,46)/t28-,31-,32-,34-,36-/m0/s1. The molecule has 6 N–H and O–H groups in total. The summed E-state index contributed by atoms with van der Waals surface area (Å²) in [7, 11) is 1.70. The molecular formula is C38H64N6O6. The van der Waals surface area contributed by atoms with Crippen molar-refractivity contribution in [1.82, 2.24) is 25.7 Å². The number of carbonyl (C=O) groups is 3. The molecule has 0 bridgehead atoms. The molecule has 1 saturated heterocycles. The Bertz CT molecular complexity index is 1370. The summed E-state index contributed by atoms with van der Waals surface area (Å²) in [6, 6.07) is 5.04. The van der Waals surface area contributed by atoms with Crippen molar-refractivity contribution in [1.29, 1.82) is 0 Å². The van der Waals surface area contributed by atoms with E-state index in [0.717, 1.165) is 54.4 Å². The van der Waals surface area contributed by atoms with Crippen molar-refractivity contribution in [3.05, 3.63) is 29.5 Å². The highest BCUT2D eigenvalue weighted by atomic mass is 16.5. The average molecular weight is 701 g/mol. The zero-order valence-electron chi connectivity index (χ0n) is 31.7. The largest absolute Gasteiger partial charge is 0.391 e. The van der Waals surface area contributed by atoms with Gasteiger partial charge >= 0.3 is 0 Å². The molecule has 1 aromatic carbocycles. The van der Waals surface area contributed by atoms with Crippen LogP contribution in [0.1, 0.15) is 84.9 Å². The van der Waals surface area contributed by atoms with Crippen LogP contribution in [0.2, 0.25) is 0 Å². The lowest BCUT2D eigenvalue weighted by Crippen LogP contribution is -2.56. The molecule has 0 saturated carbocycles. The van der Waals surface area contributed by atoms with E-state index >= 15 is 0 Å². The SMILES string of the molecule is COCCCn1nc(C)c2ccc(C[C@@H](C[C@H](NC(=O)[C@@H](NC(=O)CN)C(C)C)[C@@H](O)C[C@H](C(=O)NC3CCOCC3)C(C)C)C(C)C)cc21. The maximum atomic E-state index is 13.8. The number of carbonyl (C=O) groups excluding carboxylic acids is 3. The van der Waals surface area contributed by atoms with Gasteiger partial charge in [0.1, 0.15) is 6.04 Å². The molecule has 1 fully saturated rings. The second-order valence-electron chi connectivity index (χ2n) is 15.1. The topological polar surface area (TPSA) is 170 Å². The van der Waals surface area contributed by atoms with Gasteiger partial charge in [0.15, 0.2) is 0 Å². The molecule has 12 heteroatoms. The first-order valence-electron chi connectivity index (χ1n) is 18.6. The first kappa shape index (κ1) is 41.4. The van der Waals surface area contributed by atoms with Gasteiger partial charge in [-0.25, -0.2) is 0 Å². The molecule has 1 aromatic heterocycles. The van der Waals surface area contributed by atoms with Gasteiger partial charge in [0.05, 0.1) is 29.9 Å². The predicted octanol–water partition coefficient (Wildman–Crippen LogP) is 3.49.